The average Bonchev–Trinajstić information content (AvgIpc) is 2.25. The second kappa shape index (κ2) is 5.05. The van der Waals surface area contributed by atoms with Crippen molar-refractivity contribution in [1.82, 2.24) is 4.90 Å². The normalized spacial score (nSPS) is 11.8. The maximum atomic E-state index is 12.7. The van der Waals surface area contributed by atoms with E-state index < -0.39 is 0 Å². The van der Waals surface area contributed by atoms with Gasteiger partial charge in [-0.25, -0.2) is 0 Å². The Labute approximate surface area is 115 Å². The zero-order valence-electron chi connectivity index (χ0n) is 12.6. The number of hydrogen-bond donors (Lipinski definition) is 0. The van der Waals surface area contributed by atoms with Crippen LogP contribution in [0.3, 0.4) is 0 Å². The third-order valence-corrected chi connectivity index (χ3v) is 2.78. The van der Waals surface area contributed by atoms with Gasteiger partial charge in [-0.3, -0.25) is 4.79 Å². The van der Waals surface area contributed by atoms with Crippen LogP contribution in [0.1, 0.15) is 57.5 Å². The molecule has 0 radical (unpaired) electrons. The Morgan fingerprint density at radius 1 is 1.11 bits per heavy atom. The third kappa shape index (κ3) is 3.57. The van der Waals surface area contributed by atoms with Gasteiger partial charge >= 0.3 is 0 Å². The Kier molecular flexibility index (Phi) is 4.05. The Bertz CT molecular complexity index is 499. The summed E-state index contributed by atoms with van der Waals surface area (Å²) in [5.41, 5.74) is 0.508. The highest BCUT2D eigenvalue weighted by Gasteiger charge is 2.35. The van der Waals surface area contributed by atoms with Crippen molar-refractivity contribution in [2.45, 2.75) is 52.6 Å². The summed E-state index contributed by atoms with van der Waals surface area (Å²) in [5, 5.41) is 8.93. The molecule has 0 atom stereocenters. The number of rotatable bonds is 1. The number of amides is 1. The van der Waals surface area contributed by atoms with Crippen molar-refractivity contribution >= 4 is 5.91 Å². The van der Waals surface area contributed by atoms with Gasteiger partial charge in [0.05, 0.1) is 11.6 Å². The van der Waals surface area contributed by atoms with E-state index >= 15 is 0 Å². The first-order chi connectivity index (χ1) is 8.57. The van der Waals surface area contributed by atoms with E-state index in [0.717, 1.165) is 0 Å². The predicted molar refractivity (Wildman–Crippen MR) is 76.8 cm³/mol. The molecule has 3 nitrogen and oxygen atoms in total. The Morgan fingerprint density at radius 3 is 2.05 bits per heavy atom. The second-order valence-electron chi connectivity index (χ2n) is 6.67. The summed E-state index contributed by atoms with van der Waals surface area (Å²) in [4.78, 5) is 14.6. The molecule has 0 N–H and O–H groups in total. The maximum Gasteiger partial charge on any atom is 0.254 e. The molecule has 1 aromatic carbocycles. The molecule has 0 aliphatic rings. The molecule has 0 heterocycles. The van der Waals surface area contributed by atoms with Gasteiger partial charge in [0.1, 0.15) is 0 Å². The SMILES string of the molecule is CC(C)(C)N(C(=O)c1cccc(C#N)c1)C(C)(C)C. The van der Waals surface area contributed by atoms with E-state index in [4.69, 9.17) is 5.26 Å². The molecule has 19 heavy (non-hydrogen) atoms. The van der Waals surface area contributed by atoms with Crippen LogP contribution in [0.2, 0.25) is 0 Å². The molecule has 0 saturated heterocycles. The van der Waals surface area contributed by atoms with Crippen molar-refractivity contribution in [1.29, 1.82) is 5.26 Å². The summed E-state index contributed by atoms with van der Waals surface area (Å²) < 4.78 is 0. The average molecular weight is 258 g/mol. The van der Waals surface area contributed by atoms with E-state index in [-0.39, 0.29) is 17.0 Å². The van der Waals surface area contributed by atoms with Gasteiger partial charge in [-0.05, 0) is 59.7 Å². The van der Waals surface area contributed by atoms with Crippen LogP contribution in [0.4, 0.5) is 0 Å². The van der Waals surface area contributed by atoms with Gasteiger partial charge in [-0.1, -0.05) is 6.07 Å². The highest BCUT2D eigenvalue weighted by Crippen LogP contribution is 2.27. The lowest BCUT2D eigenvalue weighted by Gasteiger charge is -2.45. The maximum absolute atomic E-state index is 12.7. The number of hydrogen-bond acceptors (Lipinski definition) is 2. The zero-order valence-corrected chi connectivity index (χ0v) is 12.6. The lowest BCUT2D eigenvalue weighted by atomic mass is 9.94. The van der Waals surface area contributed by atoms with Crippen LogP contribution in [0.15, 0.2) is 24.3 Å². The van der Waals surface area contributed by atoms with Gasteiger partial charge in [0.2, 0.25) is 0 Å². The lowest BCUT2D eigenvalue weighted by molar-refractivity contribution is 0.0271. The van der Waals surface area contributed by atoms with Gasteiger partial charge < -0.3 is 4.90 Å². The Hall–Kier alpha value is -1.82. The monoisotopic (exact) mass is 258 g/mol. The summed E-state index contributed by atoms with van der Waals surface area (Å²) >= 11 is 0. The number of nitriles is 1. The van der Waals surface area contributed by atoms with E-state index in [1.165, 1.54) is 0 Å². The van der Waals surface area contributed by atoms with Crippen molar-refractivity contribution in [3.8, 4) is 6.07 Å². The number of benzene rings is 1. The highest BCUT2D eigenvalue weighted by atomic mass is 16.2. The Morgan fingerprint density at radius 2 is 1.63 bits per heavy atom. The molecule has 1 amide bonds. The van der Waals surface area contributed by atoms with Crippen LogP contribution in [0.25, 0.3) is 0 Å². The quantitative estimate of drug-likeness (QED) is 0.772. The number of nitrogens with zero attached hydrogens (tertiary/aromatic N) is 2. The first-order valence-electron chi connectivity index (χ1n) is 6.42. The smallest absolute Gasteiger partial charge is 0.254 e. The molecule has 0 aliphatic carbocycles. The fourth-order valence-corrected chi connectivity index (χ4v) is 2.47. The number of carbonyl (C=O) groups excluding carboxylic acids is 1. The van der Waals surface area contributed by atoms with Crippen LogP contribution in [-0.2, 0) is 0 Å². The minimum absolute atomic E-state index is 0.0444. The highest BCUT2D eigenvalue weighted by molar-refractivity contribution is 5.95. The van der Waals surface area contributed by atoms with Crippen LogP contribution in [0, 0.1) is 11.3 Å². The summed E-state index contributed by atoms with van der Waals surface area (Å²) in [6.07, 6.45) is 0. The van der Waals surface area contributed by atoms with Crippen LogP contribution in [-0.4, -0.2) is 21.9 Å². The van der Waals surface area contributed by atoms with Gasteiger partial charge in [0.25, 0.3) is 5.91 Å². The zero-order chi connectivity index (χ0) is 14.8. The van der Waals surface area contributed by atoms with Gasteiger partial charge in [0.15, 0.2) is 0 Å². The molecule has 0 bridgehead atoms. The summed E-state index contributed by atoms with van der Waals surface area (Å²) in [6, 6.07) is 8.92. The van der Waals surface area contributed by atoms with E-state index in [0.29, 0.717) is 11.1 Å². The molecule has 0 unspecified atom stereocenters. The molecule has 0 aromatic heterocycles. The van der Waals surface area contributed by atoms with Crippen molar-refractivity contribution in [3.63, 3.8) is 0 Å². The van der Waals surface area contributed by atoms with Gasteiger partial charge in [0, 0.05) is 16.6 Å². The molecule has 0 fully saturated rings. The van der Waals surface area contributed by atoms with E-state index in [1.54, 1.807) is 24.3 Å². The summed E-state index contributed by atoms with van der Waals surface area (Å²) in [6.45, 7) is 12.1. The van der Waals surface area contributed by atoms with Crippen molar-refractivity contribution in [3.05, 3.63) is 35.4 Å². The van der Waals surface area contributed by atoms with E-state index in [1.807, 2.05) is 46.4 Å². The van der Waals surface area contributed by atoms with Crippen molar-refractivity contribution in [2.24, 2.45) is 0 Å². The topological polar surface area (TPSA) is 44.1 Å². The first kappa shape index (κ1) is 15.2. The molecule has 1 rings (SSSR count). The van der Waals surface area contributed by atoms with Crippen molar-refractivity contribution in [2.75, 3.05) is 0 Å². The predicted octanol–water partition coefficient (Wildman–Crippen LogP) is 3.60. The fourth-order valence-electron chi connectivity index (χ4n) is 2.47. The van der Waals surface area contributed by atoms with Crippen molar-refractivity contribution < 1.29 is 4.79 Å². The lowest BCUT2D eigenvalue weighted by Crippen LogP contribution is -2.55. The summed E-state index contributed by atoms with van der Waals surface area (Å²) in [7, 11) is 0. The minimum Gasteiger partial charge on any atom is -0.329 e. The minimum atomic E-state index is -0.280. The first-order valence-corrected chi connectivity index (χ1v) is 6.42. The molecule has 0 aliphatic heterocycles. The third-order valence-electron chi connectivity index (χ3n) is 2.78. The Balaban J connectivity index is 3.25. The van der Waals surface area contributed by atoms with Gasteiger partial charge in [-0.15, -0.1) is 0 Å². The number of carbonyl (C=O) groups is 1. The molecule has 3 heteroatoms. The molecule has 0 spiro atoms. The molecule has 0 saturated carbocycles. The van der Waals surface area contributed by atoms with E-state index in [2.05, 4.69) is 6.07 Å². The van der Waals surface area contributed by atoms with Crippen LogP contribution in [0.5, 0.6) is 0 Å². The second-order valence-corrected chi connectivity index (χ2v) is 6.67. The molecular weight excluding hydrogens is 236 g/mol. The fraction of sp³-hybridized carbons (Fsp3) is 0.500. The largest absolute Gasteiger partial charge is 0.329 e. The summed E-state index contributed by atoms with van der Waals surface area (Å²) in [5.74, 6) is -0.0444. The standard InChI is InChI=1S/C16H22N2O/c1-15(2,3)18(16(4,5)6)14(19)13-9-7-8-12(10-13)11-17/h7-10H,1-6H3. The molecular formula is C16H22N2O. The van der Waals surface area contributed by atoms with Gasteiger partial charge in [-0.2, -0.15) is 5.26 Å². The van der Waals surface area contributed by atoms with Crippen LogP contribution < -0.4 is 0 Å². The molecule has 102 valence electrons. The van der Waals surface area contributed by atoms with Crippen LogP contribution >= 0.6 is 0 Å². The van der Waals surface area contributed by atoms with E-state index in [9.17, 15) is 4.79 Å². The molecule has 1 aromatic rings.